The van der Waals surface area contributed by atoms with Gasteiger partial charge in [-0.25, -0.2) is 0 Å². The molecule has 0 aliphatic carbocycles. The molecular weight excluding hydrogens is 191 g/mol. The van der Waals surface area contributed by atoms with Gasteiger partial charge in [-0.1, -0.05) is 0 Å². The van der Waals surface area contributed by atoms with Crippen molar-refractivity contribution in [1.82, 2.24) is 0 Å². The summed E-state index contributed by atoms with van der Waals surface area (Å²) in [6.45, 7) is 8.76. The average Bonchev–Trinajstić information content (AvgIpc) is 1.82. The molecule has 9 heavy (non-hydrogen) atoms. The molecule has 0 aliphatic heterocycles. The molecule has 0 aromatic rings. The van der Waals surface area contributed by atoms with Crippen LogP contribution in [0.5, 0.6) is 0 Å². The average molecular weight is 208 g/mol. The molecule has 0 aromatic carbocycles. The molecule has 0 aromatic heterocycles. The Hall–Kier alpha value is 0.843. The summed E-state index contributed by atoms with van der Waals surface area (Å²) in [4.78, 5) is 0. The minimum atomic E-state index is -1.26. The number of hydrogen-bond donors (Lipinski definition) is 0. The van der Waals surface area contributed by atoms with Crippen LogP contribution in [0.1, 0.15) is 27.7 Å². The molecule has 2 heteroatoms. The van der Waals surface area contributed by atoms with Crippen molar-refractivity contribution in [3.8, 4) is 0 Å². The molecule has 0 heterocycles. The van der Waals surface area contributed by atoms with E-state index in [0.29, 0.717) is 6.10 Å². The number of hydrogen-bond acceptors (Lipinski definition) is 1. The van der Waals surface area contributed by atoms with E-state index in [9.17, 15) is 0 Å². The first kappa shape index (κ1) is 9.84. The van der Waals surface area contributed by atoms with Crippen molar-refractivity contribution in [2.75, 3.05) is 0 Å². The molecule has 1 nitrogen and oxygen atoms in total. The van der Waals surface area contributed by atoms with Gasteiger partial charge in [0.05, 0.1) is 0 Å². The third-order valence-electron chi connectivity index (χ3n) is 1.19. The van der Waals surface area contributed by atoms with E-state index >= 15 is 0 Å². The van der Waals surface area contributed by atoms with Gasteiger partial charge in [-0.2, -0.15) is 0 Å². The van der Waals surface area contributed by atoms with E-state index in [-0.39, 0.29) is 0 Å². The summed E-state index contributed by atoms with van der Waals surface area (Å²) in [7, 11) is 0. The Bertz CT molecular complexity index is 59.9. The molecule has 0 rings (SSSR count). The van der Waals surface area contributed by atoms with Crippen LogP contribution in [0.2, 0.25) is 8.26 Å². The van der Waals surface area contributed by atoms with Crippen LogP contribution >= 0.6 is 0 Å². The SMILES string of the molecule is C[CH2][Zr]([CH2]C)[O]C(C)C. The third kappa shape index (κ3) is 5.30. The predicted molar refractivity (Wildman–Crippen MR) is 37.2 cm³/mol. The first-order valence-corrected chi connectivity index (χ1v) is 8.20. The van der Waals surface area contributed by atoms with Crippen LogP contribution in [0.3, 0.4) is 0 Å². The van der Waals surface area contributed by atoms with Crippen molar-refractivity contribution in [3.63, 3.8) is 0 Å². The molecule has 0 N–H and O–H groups in total. The second-order valence-electron chi connectivity index (χ2n) is 2.41. The fourth-order valence-corrected chi connectivity index (χ4v) is 4.44. The summed E-state index contributed by atoms with van der Waals surface area (Å²) >= 11 is -1.26. The van der Waals surface area contributed by atoms with Gasteiger partial charge < -0.3 is 0 Å². The topological polar surface area (TPSA) is 9.23 Å². The molecule has 0 fully saturated rings. The standard InChI is InChI=1S/C3H7O.2C2H5.Zr/c1-3(2)4;2*1-2;/h3H,1-2H3;2*1H2,2H3;/q-1;;;+1. The van der Waals surface area contributed by atoms with Gasteiger partial charge in [-0.15, -0.1) is 0 Å². The van der Waals surface area contributed by atoms with Crippen molar-refractivity contribution in [2.24, 2.45) is 0 Å². The van der Waals surface area contributed by atoms with Crippen molar-refractivity contribution in [1.29, 1.82) is 0 Å². The molecule has 0 bridgehead atoms. The molecule has 0 aliphatic rings. The van der Waals surface area contributed by atoms with Crippen LogP contribution in [-0.2, 0) is 25.0 Å². The van der Waals surface area contributed by atoms with E-state index < -0.39 is 22.2 Å². The molecule has 0 saturated heterocycles. The molecule has 0 amide bonds. The Kier molecular flexibility index (Phi) is 6.14. The van der Waals surface area contributed by atoms with Gasteiger partial charge in [0.1, 0.15) is 0 Å². The summed E-state index contributed by atoms with van der Waals surface area (Å²) in [6.07, 6.45) is 0.472. The minimum absolute atomic E-state index is 0.472. The summed E-state index contributed by atoms with van der Waals surface area (Å²) in [5.74, 6) is 0. The third-order valence-corrected chi connectivity index (χ3v) is 7.05. The zero-order chi connectivity index (χ0) is 7.28. The Morgan fingerprint density at radius 3 is 1.78 bits per heavy atom. The second-order valence-corrected chi connectivity index (χ2v) is 9.12. The molecule has 0 atom stereocenters. The Balaban J connectivity index is 3.31. The molecular formula is C7H17OZr. The Morgan fingerprint density at radius 2 is 1.67 bits per heavy atom. The van der Waals surface area contributed by atoms with Crippen LogP contribution < -0.4 is 0 Å². The van der Waals surface area contributed by atoms with E-state index in [0.717, 1.165) is 0 Å². The van der Waals surface area contributed by atoms with E-state index in [1.807, 2.05) is 0 Å². The zero-order valence-electron chi connectivity index (χ0n) is 6.90. The van der Waals surface area contributed by atoms with Crippen LogP contribution in [0.15, 0.2) is 0 Å². The molecule has 0 saturated carbocycles. The molecule has 0 spiro atoms. The summed E-state index contributed by atoms with van der Waals surface area (Å²) in [5, 5.41) is 0. The summed E-state index contributed by atoms with van der Waals surface area (Å²) in [5.41, 5.74) is 0. The first-order chi connectivity index (χ1) is 4.20. The maximum absolute atomic E-state index is 5.75. The van der Waals surface area contributed by atoms with Crippen LogP contribution in [0.4, 0.5) is 0 Å². The second kappa shape index (κ2) is 5.61. The van der Waals surface area contributed by atoms with E-state index in [1.165, 1.54) is 8.26 Å². The van der Waals surface area contributed by atoms with Gasteiger partial charge in [0.15, 0.2) is 0 Å². The monoisotopic (exact) mass is 207 g/mol. The van der Waals surface area contributed by atoms with Crippen molar-refractivity contribution >= 4 is 0 Å². The van der Waals surface area contributed by atoms with E-state index in [2.05, 4.69) is 27.7 Å². The fourth-order valence-electron chi connectivity index (χ4n) is 0.750. The Labute approximate surface area is 67.1 Å². The molecule has 0 radical (unpaired) electrons. The van der Waals surface area contributed by atoms with Crippen LogP contribution in [0.25, 0.3) is 0 Å². The maximum atomic E-state index is 5.75. The van der Waals surface area contributed by atoms with Crippen LogP contribution in [-0.4, -0.2) is 6.10 Å². The van der Waals surface area contributed by atoms with Gasteiger partial charge in [0.2, 0.25) is 0 Å². The van der Waals surface area contributed by atoms with Gasteiger partial charge in [0, 0.05) is 0 Å². The Morgan fingerprint density at radius 1 is 1.22 bits per heavy atom. The van der Waals surface area contributed by atoms with Crippen molar-refractivity contribution in [2.45, 2.75) is 42.1 Å². The fraction of sp³-hybridized carbons (Fsp3) is 1.00. The number of rotatable bonds is 4. The van der Waals surface area contributed by atoms with Gasteiger partial charge in [0.25, 0.3) is 0 Å². The normalized spacial score (nSPS) is 10.3. The van der Waals surface area contributed by atoms with Crippen molar-refractivity contribution < 1.29 is 25.0 Å². The zero-order valence-corrected chi connectivity index (χ0v) is 9.36. The van der Waals surface area contributed by atoms with Gasteiger partial charge >= 0.3 is 67.1 Å². The quantitative estimate of drug-likeness (QED) is 0.690. The van der Waals surface area contributed by atoms with Crippen molar-refractivity contribution in [3.05, 3.63) is 0 Å². The van der Waals surface area contributed by atoms with Gasteiger partial charge in [-0.3, -0.25) is 0 Å². The predicted octanol–water partition coefficient (Wildman–Crippen LogP) is 2.82. The van der Waals surface area contributed by atoms with Gasteiger partial charge in [-0.05, 0) is 0 Å². The molecule has 55 valence electrons. The first-order valence-electron chi connectivity index (χ1n) is 3.72. The van der Waals surface area contributed by atoms with Crippen LogP contribution in [0, 0.1) is 0 Å². The summed E-state index contributed by atoms with van der Waals surface area (Å²) < 4.78 is 8.41. The van der Waals surface area contributed by atoms with E-state index in [1.54, 1.807) is 0 Å². The van der Waals surface area contributed by atoms with E-state index in [4.69, 9.17) is 2.81 Å². The molecule has 0 unspecified atom stereocenters. The summed E-state index contributed by atoms with van der Waals surface area (Å²) in [6, 6.07) is 0.